The van der Waals surface area contributed by atoms with Gasteiger partial charge in [-0.15, -0.1) is 0 Å². The minimum atomic E-state index is -1.64. The van der Waals surface area contributed by atoms with Crippen LogP contribution in [-0.4, -0.2) is 111 Å². The number of ether oxygens (including phenoxy) is 3. The van der Waals surface area contributed by atoms with Crippen LogP contribution < -0.4 is 10.6 Å². The van der Waals surface area contributed by atoms with Crippen LogP contribution in [0.2, 0.25) is 0 Å². The number of hydrogen-bond acceptors (Lipinski definition) is 9. The Hall–Kier alpha value is -5.95. The van der Waals surface area contributed by atoms with Crippen molar-refractivity contribution in [3.05, 3.63) is 71.4 Å². The van der Waals surface area contributed by atoms with Gasteiger partial charge in [0.25, 0.3) is 0 Å². The molecule has 0 unspecified atom stereocenters. The second-order valence-corrected chi connectivity index (χ2v) is 17.0. The number of alkyl carbamates (subject to hydrolysis) is 2. The van der Waals surface area contributed by atoms with Crippen LogP contribution in [0.5, 0.6) is 0 Å². The van der Waals surface area contributed by atoms with Gasteiger partial charge in [0.15, 0.2) is 0 Å². The number of nitrogens with one attached hydrogen (secondary N) is 4. The SMILES string of the molecule is COC(=O)N[C@H](C(=O)N1C[C@](C)(F)C[C@H]1c1ncc(-c2ccc(C#Cc3ccc4nc([C@@H]5C[C@@]6(CCCO6)CN5C(=O)[C@@H](NC(=O)OC)C(C)C)[nH]c4c3)cc2)[nH]1)C(C)C. The Morgan fingerprint density at radius 2 is 1.45 bits per heavy atom. The van der Waals surface area contributed by atoms with E-state index in [2.05, 4.69) is 37.4 Å². The van der Waals surface area contributed by atoms with Crippen molar-refractivity contribution in [3.8, 4) is 23.1 Å². The van der Waals surface area contributed by atoms with Gasteiger partial charge in [0.05, 0.1) is 67.9 Å². The van der Waals surface area contributed by atoms with E-state index in [0.717, 1.165) is 40.6 Å². The highest BCUT2D eigenvalue weighted by Crippen LogP contribution is 2.45. The van der Waals surface area contributed by atoms with Crippen LogP contribution in [0.15, 0.2) is 48.7 Å². The Bertz CT molecular complexity index is 2300. The zero-order valence-corrected chi connectivity index (χ0v) is 35.1. The summed E-state index contributed by atoms with van der Waals surface area (Å²) in [5.74, 6) is 6.54. The largest absolute Gasteiger partial charge is 0.453 e. The molecule has 3 aliphatic rings. The predicted octanol–water partition coefficient (Wildman–Crippen LogP) is 5.94. The second kappa shape index (κ2) is 17.0. The fourth-order valence-corrected chi connectivity index (χ4v) is 8.53. The van der Waals surface area contributed by atoms with E-state index in [4.69, 9.17) is 19.2 Å². The molecule has 4 N–H and O–H groups in total. The zero-order chi connectivity index (χ0) is 42.9. The molecule has 16 heteroatoms. The summed E-state index contributed by atoms with van der Waals surface area (Å²) in [6.07, 6.45) is 2.68. The number of benzene rings is 2. The number of aromatic amines is 2. The average molecular weight is 825 g/mol. The third-order valence-corrected chi connectivity index (χ3v) is 11.7. The van der Waals surface area contributed by atoms with Gasteiger partial charge in [0, 0.05) is 30.6 Å². The first-order valence-electron chi connectivity index (χ1n) is 20.4. The van der Waals surface area contributed by atoms with Crippen molar-refractivity contribution in [2.24, 2.45) is 11.8 Å². The average Bonchev–Trinajstić information content (AvgIpc) is 4.08. The van der Waals surface area contributed by atoms with Gasteiger partial charge in [-0.25, -0.2) is 23.9 Å². The fourth-order valence-electron chi connectivity index (χ4n) is 8.53. The van der Waals surface area contributed by atoms with Crippen LogP contribution in [-0.2, 0) is 23.8 Å². The number of alkyl halides is 1. The maximum Gasteiger partial charge on any atom is 0.407 e. The molecule has 4 aromatic rings. The molecule has 0 radical (unpaired) electrons. The molecular weight excluding hydrogens is 772 g/mol. The van der Waals surface area contributed by atoms with E-state index >= 15 is 4.39 Å². The van der Waals surface area contributed by atoms with Gasteiger partial charge in [-0.3, -0.25) is 9.59 Å². The molecule has 1 spiro atoms. The summed E-state index contributed by atoms with van der Waals surface area (Å²) >= 11 is 0. The van der Waals surface area contributed by atoms with E-state index in [1.807, 2.05) is 56.3 Å². The Labute approximate surface area is 348 Å². The Kier molecular flexibility index (Phi) is 11.9. The molecule has 3 fully saturated rings. The number of fused-ring (bicyclic) bond motifs is 1. The second-order valence-electron chi connectivity index (χ2n) is 17.0. The number of aromatic nitrogens is 4. The number of rotatable bonds is 9. The molecule has 7 rings (SSSR count). The molecule has 0 bridgehead atoms. The summed E-state index contributed by atoms with van der Waals surface area (Å²) in [6.45, 7) is 9.76. The molecule has 4 amide bonds. The van der Waals surface area contributed by atoms with Crippen LogP contribution in [0, 0.1) is 23.7 Å². The third kappa shape index (κ3) is 8.81. The quantitative estimate of drug-likeness (QED) is 0.149. The molecule has 3 aliphatic heterocycles. The van der Waals surface area contributed by atoms with Crippen LogP contribution in [0.1, 0.15) is 95.2 Å². The van der Waals surface area contributed by atoms with Crippen molar-refractivity contribution in [3.63, 3.8) is 0 Å². The van der Waals surface area contributed by atoms with Crippen molar-refractivity contribution in [1.29, 1.82) is 0 Å². The van der Waals surface area contributed by atoms with E-state index in [1.54, 1.807) is 24.9 Å². The van der Waals surface area contributed by atoms with Crippen LogP contribution >= 0.6 is 0 Å². The lowest BCUT2D eigenvalue weighted by Crippen LogP contribution is -2.51. The minimum Gasteiger partial charge on any atom is -0.453 e. The Balaban J connectivity index is 1.06. The molecule has 2 aromatic heterocycles. The van der Waals surface area contributed by atoms with Gasteiger partial charge >= 0.3 is 12.2 Å². The molecule has 60 heavy (non-hydrogen) atoms. The summed E-state index contributed by atoms with van der Waals surface area (Å²) in [7, 11) is 2.50. The molecular formula is C44H53FN8O7. The molecule has 15 nitrogen and oxygen atoms in total. The van der Waals surface area contributed by atoms with Crippen molar-refractivity contribution in [2.75, 3.05) is 33.9 Å². The first-order valence-corrected chi connectivity index (χ1v) is 20.4. The third-order valence-electron chi connectivity index (χ3n) is 11.7. The van der Waals surface area contributed by atoms with Crippen molar-refractivity contribution < 1.29 is 37.8 Å². The first-order chi connectivity index (χ1) is 28.6. The van der Waals surface area contributed by atoms with Crippen molar-refractivity contribution in [2.45, 2.75) is 95.7 Å². The van der Waals surface area contributed by atoms with Crippen LogP contribution in [0.3, 0.4) is 0 Å². The van der Waals surface area contributed by atoms with Crippen molar-refractivity contribution >= 4 is 35.0 Å². The highest BCUT2D eigenvalue weighted by Gasteiger charge is 2.51. The Morgan fingerprint density at radius 1 is 0.850 bits per heavy atom. The highest BCUT2D eigenvalue weighted by molar-refractivity contribution is 5.87. The van der Waals surface area contributed by atoms with Gasteiger partial charge in [0.1, 0.15) is 29.4 Å². The number of halogens is 1. The summed E-state index contributed by atoms with van der Waals surface area (Å²) in [6, 6.07) is 10.7. The summed E-state index contributed by atoms with van der Waals surface area (Å²) in [5, 5.41) is 5.31. The Morgan fingerprint density at radius 3 is 2.05 bits per heavy atom. The molecule has 0 aliphatic carbocycles. The molecule has 2 aromatic carbocycles. The maximum atomic E-state index is 15.4. The normalized spacial score (nSPS) is 23.5. The molecule has 6 atom stereocenters. The molecule has 318 valence electrons. The van der Waals surface area contributed by atoms with E-state index < -0.39 is 47.5 Å². The van der Waals surface area contributed by atoms with Gasteiger partial charge in [-0.1, -0.05) is 51.7 Å². The summed E-state index contributed by atoms with van der Waals surface area (Å²) in [4.78, 5) is 71.3. The molecule has 5 heterocycles. The van der Waals surface area contributed by atoms with Gasteiger partial charge in [0.2, 0.25) is 11.8 Å². The van der Waals surface area contributed by atoms with Crippen LogP contribution in [0.4, 0.5) is 14.0 Å². The van der Waals surface area contributed by atoms with Gasteiger partial charge in [-0.2, -0.15) is 0 Å². The van der Waals surface area contributed by atoms with E-state index in [0.29, 0.717) is 36.9 Å². The lowest BCUT2D eigenvalue weighted by Gasteiger charge is -2.30. The zero-order valence-electron chi connectivity index (χ0n) is 35.1. The summed E-state index contributed by atoms with van der Waals surface area (Å²) < 4.78 is 31.2. The lowest BCUT2D eigenvalue weighted by atomic mass is 9.96. The monoisotopic (exact) mass is 824 g/mol. The highest BCUT2D eigenvalue weighted by atomic mass is 19.1. The minimum absolute atomic E-state index is 0.0538. The number of hydrogen-bond donors (Lipinski definition) is 4. The number of methoxy groups -OCH3 is 2. The first kappa shape index (κ1) is 42.2. The number of likely N-dealkylation sites (tertiary alicyclic amines) is 2. The lowest BCUT2D eigenvalue weighted by molar-refractivity contribution is -0.136. The van der Waals surface area contributed by atoms with Gasteiger partial charge in [-0.05, 0) is 67.5 Å². The number of imidazole rings is 2. The van der Waals surface area contributed by atoms with Gasteiger partial charge < -0.3 is 44.6 Å². The molecule has 3 saturated heterocycles. The maximum absolute atomic E-state index is 15.4. The standard InChI is InChI=1S/C44H53FN8O7/c1-25(2)35(50-41(56)58-6)39(54)52-23-43(5,45)20-33(52)37-46-22-32(49-37)29-14-11-27(12-15-29)9-10-28-13-16-30-31(19-28)48-38(47-30)34-21-44(17-8-18-60-44)24-53(34)40(55)36(26(3)4)51-42(57)59-7/h11-16,19,22,25-26,33-36H,8,17-18,20-21,23-24H2,1-7H3,(H,46,49)(H,47,48)(H,50,56)(H,51,57)/t33-,34-,35-,36-,43+,44-/m0/s1. The number of carbonyl (C=O) groups excluding carboxylic acids is 4. The van der Waals surface area contributed by atoms with E-state index in [9.17, 15) is 19.2 Å². The number of amides is 4. The number of carbonyl (C=O) groups is 4. The topological polar surface area (TPSA) is 184 Å². The predicted molar refractivity (Wildman–Crippen MR) is 220 cm³/mol. The number of nitrogens with zero attached hydrogens (tertiary/aromatic N) is 4. The molecule has 0 saturated carbocycles. The van der Waals surface area contributed by atoms with Crippen LogP contribution in [0.25, 0.3) is 22.3 Å². The van der Waals surface area contributed by atoms with E-state index in [1.165, 1.54) is 26.0 Å². The van der Waals surface area contributed by atoms with Crippen molar-refractivity contribution in [1.82, 2.24) is 40.4 Å². The fraction of sp³-hybridized carbons (Fsp3) is 0.500. The van der Waals surface area contributed by atoms with E-state index in [-0.39, 0.29) is 36.8 Å². The smallest absolute Gasteiger partial charge is 0.407 e. The number of H-pyrrole nitrogens is 2. The summed E-state index contributed by atoms with van der Waals surface area (Å²) in [5.41, 5.74) is 2.51.